The van der Waals surface area contributed by atoms with Gasteiger partial charge in [-0.3, -0.25) is 9.59 Å². The molecule has 2 fully saturated rings. The summed E-state index contributed by atoms with van der Waals surface area (Å²) >= 11 is 1.36. The summed E-state index contributed by atoms with van der Waals surface area (Å²) in [7, 11) is 0. The number of aliphatic hydroxyl groups is 1. The first-order valence-electron chi connectivity index (χ1n) is 10.6. The van der Waals surface area contributed by atoms with E-state index in [1.807, 2.05) is 6.92 Å². The van der Waals surface area contributed by atoms with Gasteiger partial charge < -0.3 is 30.9 Å². The van der Waals surface area contributed by atoms with Crippen molar-refractivity contribution in [2.24, 2.45) is 11.8 Å². The number of nitrogens with one attached hydrogen (secondary N) is 2. The zero-order valence-electron chi connectivity index (χ0n) is 20.0. The third-order valence-electron chi connectivity index (χ3n) is 6.39. The molecule has 3 aliphatic rings. The van der Waals surface area contributed by atoms with Gasteiger partial charge in [0.25, 0.3) is 0 Å². The molecule has 2 amide bonds. The van der Waals surface area contributed by atoms with Gasteiger partial charge in [0.2, 0.25) is 11.8 Å². The average Bonchev–Trinajstić information content (AvgIpc) is 3.30. The second-order valence-corrected chi connectivity index (χ2v) is 9.93. The Morgan fingerprint density at radius 1 is 1.20 bits per heavy atom. The molecule has 3 heterocycles. The Labute approximate surface area is 250 Å². The van der Waals surface area contributed by atoms with Gasteiger partial charge in [0.05, 0.1) is 29.7 Å². The van der Waals surface area contributed by atoms with Crippen LogP contribution in [0.3, 0.4) is 0 Å². The summed E-state index contributed by atoms with van der Waals surface area (Å²) < 4.78 is 0. The summed E-state index contributed by atoms with van der Waals surface area (Å²) in [5.41, 5.74) is 0.418. The molecule has 1 aromatic carbocycles. The fourth-order valence-electron chi connectivity index (χ4n) is 4.81. The molecule has 1 aromatic rings. The first-order chi connectivity index (χ1) is 15.6. The number of hydrogen-bond donors (Lipinski definition) is 5. The zero-order chi connectivity index (χ0) is 24.0. The number of anilines is 1. The Bertz CT molecular complexity index is 1070. The van der Waals surface area contributed by atoms with E-state index in [-0.39, 0.29) is 99.4 Å². The van der Waals surface area contributed by atoms with Gasteiger partial charge in [-0.25, -0.2) is 9.59 Å². The second-order valence-electron chi connectivity index (χ2n) is 8.58. The van der Waals surface area contributed by atoms with Crippen LogP contribution in [0.25, 0.3) is 0 Å². The normalized spacial score (nSPS) is 27.8. The van der Waals surface area contributed by atoms with Gasteiger partial charge in [-0.05, 0) is 31.5 Å². The number of carboxylic acids is 2. The maximum atomic E-state index is 12.7. The molecule has 6 atom stereocenters. The summed E-state index contributed by atoms with van der Waals surface area (Å²) in [5.74, 6) is -3.79. The predicted molar refractivity (Wildman–Crippen MR) is 131 cm³/mol. The number of carboxylic acid groups (broad SMARTS) is 2. The molecule has 0 unspecified atom stereocenters. The Morgan fingerprint density at radius 2 is 1.89 bits per heavy atom. The van der Waals surface area contributed by atoms with E-state index in [1.54, 1.807) is 12.1 Å². The fourth-order valence-corrected chi connectivity index (χ4v) is 6.29. The minimum atomic E-state index is -1.18. The van der Waals surface area contributed by atoms with Crippen molar-refractivity contribution in [3.63, 3.8) is 0 Å². The number of carbonyl (C=O) groups excluding carboxylic acids is 2. The first-order valence-corrected chi connectivity index (χ1v) is 11.5. The third kappa shape index (κ3) is 5.83. The largest absolute Gasteiger partial charge is 0.478 e. The number of amides is 2. The summed E-state index contributed by atoms with van der Waals surface area (Å²) in [6, 6.07) is 5.07. The maximum Gasteiger partial charge on any atom is 0.353 e. The van der Waals surface area contributed by atoms with Crippen LogP contribution < -0.4 is 10.6 Å². The van der Waals surface area contributed by atoms with Gasteiger partial charge in [-0.15, -0.1) is 11.8 Å². The summed E-state index contributed by atoms with van der Waals surface area (Å²) in [6.45, 7) is 3.87. The maximum absolute atomic E-state index is 12.7. The van der Waals surface area contributed by atoms with Crippen LogP contribution >= 0.6 is 11.8 Å². The number of β-lactam (4-membered cyclic amide) rings is 1. The number of aliphatic hydroxyl groups excluding tert-OH is 1. The second kappa shape index (κ2) is 12.1. The number of nitrogens with zero attached hydrogens (tertiary/aromatic N) is 1. The van der Waals surface area contributed by atoms with E-state index in [0.717, 1.165) is 0 Å². The standard InChI is InChI=1S/C22H25N3O7S.2Na/c1-9-16-15(10(2)26)20(28)25(16)17(22(31)32)18(9)33-13-7-14(23-8-13)19(27)24-12-5-3-4-11(6-12)21(29)30;;/h3-6,9-10,13-16,23,26H,7-8H2,1-2H3,(H,24,27)(H,29,30)(H,31,32);;/t9-,10-,13+,14+,15-,16-;;/m1../s1. The van der Waals surface area contributed by atoms with Gasteiger partial charge in [-0.1, -0.05) is 13.0 Å². The van der Waals surface area contributed by atoms with Crippen LogP contribution in [0.15, 0.2) is 34.9 Å². The molecule has 35 heavy (non-hydrogen) atoms. The van der Waals surface area contributed by atoms with Gasteiger partial charge in [0.15, 0.2) is 0 Å². The number of aliphatic carboxylic acids is 1. The van der Waals surface area contributed by atoms with E-state index in [2.05, 4.69) is 10.6 Å². The van der Waals surface area contributed by atoms with Gasteiger partial charge in [0.1, 0.15) is 5.70 Å². The Morgan fingerprint density at radius 3 is 2.49 bits per heavy atom. The SMILES string of the molecule is C[C@@H](O)[C@H]1C(=O)N2C(C(=O)O)=C(S[C@@H]3CN[C@H](C(=O)Nc4cccc(C(=O)O)c4)C3)[C@H](C)[C@H]12.[Na].[Na]. The van der Waals surface area contributed by atoms with Crippen molar-refractivity contribution in [3.8, 4) is 0 Å². The number of thioether (sulfide) groups is 1. The molecule has 4 rings (SSSR count). The molecule has 178 valence electrons. The van der Waals surface area contributed by atoms with Crippen molar-refractivity contribution in [2.75, 3.05) is 11.9 Å². The molecule has 2 saturated heterocycles. The van der Waals surface area contributed by atoms with Crippen LogP contribution in [0.1, 0.15) is 30.6 Å². The molecular formula is C22H25N3Na2O7S. The third-order valence-corrected chi connectivity index (χ3v) is 7.90. The first kappa shape index (κ1) is 30.3. The number of benzene rings is 1. The van der Waals surface area contributed by atoms with Crippen LogP contribution in [-0.2, 0) is 14.4 Å². The number of aromatic carboxylic acids is 1. The van der Waals surface area contributed by atoms with Crippen molar-refractivity contribution < 1.29 is 34.5 Å². The van der Waals surface area contributed by atoms with Gasteiger partial charge in [0, 0.05) is 87.4 Å². The van der Waals surface area contributed by atoms with Crippen LogP contribution in [0.4, 0.5) is 5.69 Å². The molecule has 5 N–H and O–H groups in total. The Hall–Kier alpha value is -0.890. The summed E-state index contributed by atoms with van der Waals surface area (Å²) in [4.78, 5) is 50.1. The van der Waals surface area contributed by atoms with Crippen LogP contribution in [-0.4, -0.2) is 133 Å². The number of fused-ring (bicyclic) bond motifs is 1. The number of hydrogen-bond acceptors (Lipinski definition) is 7. The minimum absolute atomic E-state index is 0. The molecule has 0 aliphatic carbocycles. The molecule has 0 saturated carbocycles. The van der Waals surface area contributed by atoms with Crippen molar-refractivity contribution >= 4 is 100 Å². The molecule has 0 spiro atoms. The zero-order valence-corrected chi connectivity index (χ0v) is 24.8. The Kier molecular flexibility index (Phi) is 10.5. The van der Waals surface area contributed by atoms with E-state index in [1.165, 1.54) is 35.7 Å². The summed E-state index contributed by atoms with van der Waals surface area (Å²) in [6.07, 6.45) is -0.419. The summed E-state index contributed by atoms with van der Waals surface area (Å²) in [5, 5.41) is 34.6. The topological polar surface area (TPSA) is 156 Å². The van der Waals surface area contributed by atoms with Gasteiger partial charge in [-0.2, -0.15) is 0 Å². The van der Waals surface area contributed by atoms with E-state index in [0.29, 0.717) is 23.6 Å². The predicted octanol–water partition coefficient (Wildman–Crippen LogP) is 0.179. The molecule has 10 nitrogen and oxygen atoms in total. The minimum Gasteiger partial charge on any atom is -0.478 e. The number of rotatable bonds is 7. The van der Waals surface area contributed by atoms with E-state index in [9.17, 15) is 29.4 Å². The van der Waals surface area contributed by atoms with Gasteiger partial charge >= 0.3 is 11.9 Å². The molecule has 0 aromatic heterocycles. The van der Waals surface area contributed by atoms with E-state index < -0.39 is 30.0 Å². The molecule has 2 radical (unpaired) electrons. The Balaban J connectivity index is 0.00000216. The average molecular weight is 522 g/mol. The quantitative estimate of drug-likeness (QED) is 0.250. The van der Waals surface area contributed by atoms with Crippen LogP contribution in [0, 0.1) is 11.8 Å². The van der Waals surface area contributed by atoms with E-state index in [4.69, 9.17) is 5.11 Å². The van der Waals surface area contributed by atoms with Crippen LogP contribution in [0.2, 0.25) is 0 Å². The number of carbonyl (C=O) groups is 4. The van der Waals surface area contributed by atoms with Crippen molar-refractivity contribution in [1.29, 1.82) is 0 Å². The smallest absolute Gasteiger partial charge is 0.353 e. The molecule has 0 bridgehead atoms. The monoisotopic (exact) mass is 521 g/mol. The van der Waals surface area contributed by atoms with Crippen molar-refractivity contribution in [3.05, 3.63) is 40.4 Å². The van der Waals surface area contributed by atoms with Crippen molar-refractivity contribution in [1.82, 2.24) is 10.2 Å². The fraction of sp³-hybridized carbons (Fsp3) is 0.455. The molecule has 3 aliphatic heterocycles. The molecule has 13 heteroatoms. The van der Waals surface area contributed by atoms with Crippen LogP contribution in [0.5, 0.6) is 0 Å². The van der Waals surface area contributed by atoms with Crippen molar-refractivity contribution in [2.45, 2.75) is 43.7 Å². The molecular weight excluding hydrogens is 496 g/mol. The van der Waals surface area contributed by atoms with E-state index >= 15 is 0 Å².